The van der Waals surface area contributed by atoms with E-state index in [0.717, 1.165) is 32.9 Å². The summed E-state index contributed by atoms with van der Waals surface area (Å²) in [4.78, 5) is 26.9. The Labute approximate surface area is 200 Å². The molecular weight excluding hydrogens is 454 g/mol. The number of carbonyl (C=O) groups is 1. The van der Waals surface area contributed by atoms with E-state index in [9.17, 15) is 4.79 Å². The Morgan fingerprint density at radius 3 is 2.50 bits per heavy atom. The standard InChI is InChI=1S/C25H19N5O3.ClH/c31-25(32)16-13-30(14-16)12-15-9-10-19(18-6-2-1-5-17(15)18)23-28-24(33-29-23)22-11-26-20-7-3-4-8-21(20)27-22;/h1-11,16H,12-14H2,(H,31,32);1H. The summed E-state index contributed by atoms with van der Waals surface area (Å²) in [6.07, 6.45) is 1.64. The minimum atomic E-state index is -0.726. The second kappa shape index (κ2) is 8.81. The number of carboxylic acid groups (broad SMARTS) is 1. The first-order valence-corrected chi connectivity index (χ1v) is 10.7. The minimum Gasteiger partial charge on any atom is -0.481 e. The molecule has 1 saturated heterocycles. The van der Waals surface area contributed by atoms with Gasteiger partial charge in [-0.1, -0.05) is 53.7 Å². The minimum absolute atomic E-state index is 0. The van der Waals surface area contributed by atoms with Crippen molar-refractivity contribution in [2.24, 2.45) is 5.92 Å². The maximum absolute atomic E-state index is 11.1. The maximum atomic E-state index is 11.1. The van der Waals surface area contributed by atoms with Gasteiger partial charge in [-0.15, -0.1) is 12.4 Å². The van der Waals surface area contributed by atoms with Gasteiger partial charge < -0.3 is 9.63 Å². The molecule has 8 nitrogen and oxygen atoms in total. The number of hydrogen-bond acceptors (Lipinski definition) is 7. The molecule has 2 aromatic heterocycles. The first-order chi connectivity index (χ1) is 16.2. The van der Waals surface area contributed by atoms with Gasteiger partial charge in [0.15, 0.2) is 0 Å². The van der Waals surface area contributed by atoms with Crippen molar-refractivity contribution in [1.82, 2.24) is 25.0 Å². The van der Waals surface area contributed by atoms with Crippen LogP contribution in [0.25, 0.3) is 44.8 Å². The molecule has 0 bridgehead atoms. The van der Waals surface area contributed by atoms with Crippen LogP contribution in [0.3, 0.4) is 0 Å². The van der Waals surface area contributed by atoms with E-state index < -0.39 is 5.97 Å². The predicted octanol–water partition coefficient (Wildman–Crippen LogP) is 4.44. The van der Waals surface area contributed by atoms with Crippen LogP contribution in [-0.4, -0.2) is 49.2 Å². The summed E-state index contributed by atoms with van der Waals surface area (Å²) < 4.78 is 5.53. The molecule has 0 aliphatic carbocycles. The Balaban J connectivity index is 0.00000241. The Morgan fingerprint density at radius 1 is 0.971 bits per heavy atom. The average Bonchev–Trinajstić information content (AvgIpc) is 3.30. The van der Waals surface area contributed by atoms with E-state index >= 15 is 0 Å². The molecule has 170 valence electrons. The van der Waals surface area contributed by atoms with E-state index in [1.165, 1.54) is 0 Å². The molecule has 1 N–H and O–H groups in total. The fourth-order valence-corrected chi connectivity index (χ4v) is 4.29. The van der Waals surface area contributed by atoms with E-state index in [-0.39, 0.29) is 18.3 Å². The van der Waals surface area contributed by atoms with E-state index in [1.54, 1.807) is 6.20 Å². The molecule has 34 heavy (non-hydrogen) atoms. The van der Waals surface area contributed by atoms with Crippen molar-refractivity contribution in [2.45, 2.75) is 6.54 Å². The van der Waals surface area contributed by atoms with Gasteiger partial charge in [-0.2, -0.15) is 4.98 Å². The van der Waals surface area contributed by atoms with Crippen LogP contribution in [-0.2, 0) is 11.3 Å². The van der Waals surface area contributed by atoms with Crippen LogP contribution in [0.4, 0.5) is 0 Å². The lowest BCUT2D eigenvalue weighted by atomic mass is 9.95. The molecular formula is C25H20ClN5O3. The van der Waals surface area contributed by atoms with Crippen LogP contribution < -0.4 is 0 Å². The number of likely N-dealkylation sites (tertiary alicyclic amines) is 1. The van der Waals surface area contributed by atoms with Crippen LogP contribution in [0.1, 0.15) is 5.56 Å². The third-order valence-corrected chi connectivity index (χ3v) is 6.05. The molecule has 0 amide bonds. The quantitative estimate of drug-likeness (QED) is 0.399. The smallest absolute Gasteiger partial charge is 0.309 e. The zero-order valence-electron chi connectivity index (χ0n) is 18.0. The number of rotatable bonds is 5. The van der Waals surface area contributed by atoms with E-state index in [2.05, 4.69) is 37.1 Å². The highest BCUT2D eigenvalue weighted by molar-refractivity contribution is 5.97. The number of carboxylic acids is 1. The molecule has 0 atom stereocenters. The van der Waals surface area contributed by atoms with Crippen LogP contribution >= 0.6 is 12.4 Å². The normalized spacial score (nSPS) is 14.1. The van der Waals surface area contributed by atoms with Crippen molar-refractivity contribution in [3.8, 4) is 23.0 Å². The number of halogens is 1. The number of benzene rings is 3. The van der Waals surface area contributed by atoms with Gasteiger partial charge in [-0.3, -0.25) is 14.7 Å². The Morgan fingerprint density at radius 2 is 1.71 bits per heavy atom. The van der Waals surface area contributed by atoms with Crippen LogP contribution in [0.15, 0.2) is 71.4 Å². The van der Waals surface area contributed by atoms with Crippen molar-refractivity contribution in [3.63, 3.8) is 0 Å². The summed E-state index contributed by atoms with van der Waals surface area (Å²) in [5.74, 6) is -0.198. The summed E-state index contributed by atoms with van der Waals surface area (Å²) in [6.45, 7) is 1.85. The molecule has 0 spiro atoms. The number of aromatic nitrogens is 4. The van der Waals surface area contributed by atoms with Gasteiger partial charge >= 0.3 is 5.97 Å². The molecule has 1 aliphatic heterocycles. The molecule has 0 saturated carbocycles. The number of fused-ring (bicyclic) bond motifs is 2. The monoisotopic (exact) mass is 473 g/mol. The highest BCUT2D eigenvalue weighted by Gasteiger charge is 2.32. The van der Waals surface area contributed by atoms with E-state index in [1.807, 2.05) is 48.5 Å². The summed E-state index contributed by atoms with van der Waals surface area (Å²) in [5.41, 5.74) is 4.10. The topological polar surface area (TPSA) is 105 Å². The van der Waals surface area contributed by atoms with E-state index in [0.29, 0.717) is 37.0 Å². The molecule has 3 heterocycles. The van der Waals surface area contributed by atoms with Gasteiger partial charge in [0.1, 0.15) is 5.69 Å². The number of hydrogen-bond donors (Lipinski definition) is 1. The fraction of sp³-hybridized carbons (Fsp3) is 0.160. The van der Waals surface area contributed by atoms with Crippen molar-refractivity contribution in [1.29, 1.82) is 0 Å². The third-order valence-electron chi connectivity index (χ3n) is 6.05. The Hall–Kier alpha value is -3.88. The van der Waals surface area contributed by atoms with Crippen LogP contribution in [0.2, 0.25) is 0 Å². The lowest BCUT2D eigenvalue weighted by Crippen LogP contribution is -2.49. The second-order valence-corrected chi connectivity index (χ2v) is 8.21. The number of aliphatic carboxylic acids is 1. The van der Waals surface area contributed by atoms with Gasteiger partial charge in [0.05, 0.1) is 23.1 Å². The largest absolute Gasteiger partial charge is 0.481 e. The summed E-state index contributed by atoms with van der Waals surface area (Å²) in [5, 5.41) is 15.4. The highest BCUT2D eigenvalue weighted by atomic mass is 35.5. The summed E-state index contributed by atoms with van der Waals surface area (Å²) >= 11 is 0. The lowest BCUT2D eigenvalue weighted by molar-refractivity contribution is -0.147. The number of para-hydroxylation sites is 2. The molecule has 1 aliphatic rings. The van der Waals surface area contributed by atoms with Crippen LogP contribution in [0.5, 0.6) is 0 Å². The summed E-state index contributed by atoms with van der Waals surface area (Å²) in [6, 6.07) is 19.8. The maximum Gasteiger partial charge on any atom is 0.309 e. The Kier molecular flexibility index (Phi) is 5.69. The molecule has 0 radical (unpaired) electrons. The van der Waals surface area contributed by atoms with Crippen molar-refractivity contribution >= 4 is 40.2 Å². The van der Waals surface area contributed by atoms with Gasteiger partial charge in [0.2, 0.25) is 5.82 Å². The molecule has 6 rings (SSSR count). The highest BCUT2D eigenvalue weighted by Crippen LogP contribution is 2.32. The van der Waals surface area contributed by atoms with Crippen molar-refractivity contribution in [2.75, 3.05) is 13.1 Å². The summed E-state index contributed by atoms with van der Waals surface area (Å²) in [7, 11) is 0. The molecule has 9 heteroatoms. The van der Waals surface area contributed by atoms with Crippen molar-refractivity contribution < 1.29 is 14.4 Å². The van der Waals surface area contributed by atoms with Gasteiger partial charge in [-0.25, -0.2) is 4.98 Å². The number of nitrogens with zero attached hydrogens (tertiary/aromatic N) is 5. The average molecular weight is 474 g/mol. The molecule has 0 unspecified atom stereocenters. The lowest BCUT2D eigenvalue weighted by Gasteiger charge is -2.36. The van der Waals surface area contributed by atoms with Gasteiger partial charge in [0, 0.05) is 25.2 Å². The molecule has 3 aromatic carbocycles. The van der Waals surface area contributed by atoms with Gasteiger partial charge in [-0.05, 0) is 28.5 Å². The fourth-order valence-electron chi connectivity index (χ4n) is 4.29. The second-order valence-electron chi connectivity index (χ2n) is 8.21. The Bertz CT molecular complexity index is 1510. The third kappa shape index (κ3) is 3.87. The molecule has 5 aromatic rings. The van der Waals surface area contributed by atoms with Gasteiger partial charge in [0.25, 0.3) is 5.89 Å². The molecule has 1 fully saturated rings. The first-order valence-electron chi connectivity index (χ1n) is 10.7. The zero-order valence-corrected chi connectivity index (χ0v) is 18.8. The van der Waals surface area contributed by atoms with Crippen LogP contribution in [0, 0.1) is 5.92 Å². The SMILES string of the molecule is Cl.O=C(O)C1CN(Cc2ccc(-c3noc(-c4cnc5ccccc5n4)n3)c3ccccc23)C1. The predicted molar refractivity (Wildman–Crippen MR) is 129 cm³/mol. The van der Waals surface area contributed by atoms with Crippen molar-refractivity contribution in [3.05, 3.63) is 72.4 Å². The first kappa shape index (κ1) is 21.9. The zero-order chi connectivity index (χ0) is 22.4. The van der Waals surface area contributed by atoms with E-state index in [4.69, 9.17) is 9.63 Å².